The van der Waals surface area contributed by atoms with Gasteiger partial charge in [0.15, 0.2) is 0 Å². The van der Waals surface area contributed by atoms with Crippen molar-refractivity contribution in [3.05, 3.63) is 51.2 Å². The van der Waals surface area contributed by atoms with E-state index in [9.17, 15) is 4.79 Å². The molecule has 0 saturated carbocycles. The minimum atomic E-state index is -0.146. The van der Waals surface area contributed by atoms with Gasteiger partial charge in [-0.25, -0.2) is 5.43 Å². The first-order chi connectivity index (χ1) is 12.6. The Kier molecular flexibility index (Phi) is 6.06. The van der Waals surface area contributed by atoms with Gasteiger partial charge in [0.25, 0.3) is 5.91 Å². The predicted octanol–water partition coefficient (Wildman–Crippen LogP) is 3.07. The number of carbonyl (C=O) groups is 1. The fraction of sp³-hybridized carbons (Fsp3) is 0.400. The third-order valence-electron chi connectivity index (χ3n) is 4.70. The Balaban J connectivity index is 1.57. The van der Waals surface area contributed by atoms with Crippen LogP contribution in [0.5, 0.6) is 0 Å². The summed E-state index contributed by atoms with van der Waals surface area (Å²) in [7, 11) is 1.93. The lowest BCUT2D eigenvalue weighted by atomic mass is 9.90. The molecule has 0 radical (unpaired) electrons. The van der Waals surface area contributed by atoms with Crippen LogP contribution in [0, 0.1) is 5.92 Å². The third kappa shape index (κ3) is 4.51. The van der Waals surface area contributed by atoms with Crippen molar-refractivity contribution in [2.75, 3.05) is 25.1 Å². The van der Waals surface area contributed by atoms with E-state index in [0.717, 1.165) is 29.0 Å². The van der Waals surface area contributed by atoms with E-state index in [-0.39, 0.29) is 12.5 Å². The van der Waals surface area contributed by atoms with Gasteiger partial charge >= 0.3 is 0 Å². The number of thiophene rings is 1. The zero-order valence-electron chi connectivity index (χ0n) is 15.2. The van der Waals surface area contributed by atoms with Crippen molar-refractivity contribution >= 4 is 29.1 Å². The lowest BCUT2D eigenvalue weighted by molar-refractivity contribution is 0.0959. The second kappa shape index (κ2) is 8.47. The number of benzene rings is 1. The summed E-state index contributed by atoms with van der Waals surface area (Å²) in [5, 5.41) is 13.1. The van der Waals surface area contributed by atoms with Crippen molar-refractivity contribution in [3.8, 4) is 0 Å². The molecule has 1 atom stereocenters. The number of hydrogen-bond acceptors (Lipinski definition) is 5. The summed E-state index contributed by atoms with van der Waals surface area (Å²) in [6.45, 7) is 2.97. The average Bonchev–Trinajstić information content (AvgIpc) is 3.05. The van der Waals surface area contributed by atoms with Crippen molar-refractivity contribution in [3.63, 3.8) is 0 Å². The molecule has 0 spiro atoms. The normalized spacial score (nSPS) is 16.5. The summed E-state index contributed by atoms with van der Waals surface area (Å²) in [4.78, 5) is 16.4. The lowest BCUT2D eigenvalue weighted by Crippen LogP contribution is -2.20. The maximum atomic E-state index is 12.3. The van der Waals surface area contributed by atoms with Gasteiger partial charge in [-0.05, 0) is 54.5 Å². The predicted molar refractivity (Wildman–Crippen MR) is 107 cm³/mol. The molecule has 1 aliphatic rings. The van der Waals surface area contributed by atoms with Gasteiger partial charge in [0, 0.05) is 24.2 Å². The number of carbonyl (C=O) groups excluding carboxylic acids is 1. The Bertz CT molecular complexity index is 783. The van der Waals surface area contributed by atoms with Gasteiger partial charge in [-0.2, -0.15) is 5.10 Å². The van der Waals surface area contributed by atoms with Crippen LogP contribution in [0.2, 0.25) is 0 Å². The molecule has 1 aromatic carbocycles. The van der Waals surface area contributed by atoms with Gasteiger partial charge in [0.2, 0.25) is 0 Å². The molecule has 1 heterocycles. The number of hydrogen-bond donors (Lipinski definition) is 2. The maximum Gasteiger partial charge on any atom is 0.281 e. The second-order valence-electron chi connectivity index (χ2n) is 6.84. The molecule has 1 aliphatic carbocycles. The van der Waals surface area contributed by atoms with E-state index in [1.807, 2.05) is 42.3 Å². The molecular weight excluding hydrogens is 346 g/mol. The largest absolute Gasteiger partial charge is 0.395 e. The van der Waals surface area contributed by atoms with Gasteiger partial charge in [-0.1, -0.05) is 19.1 Å². The van der Waals surface area contributed by atoms with Crippen LogP contribution in [0.1, 0.15) is 39.0 Å². The van der Waals surface area contributed by atoms with Gasteiger partial charge < -0.3 is 10.0 Å². The Labute approximate surface area is 158 Å². The number of anilines is 1. The van der Waals surface area contributed by atoms with Crippen molar-refractivity contribution in [2.45, 2.75) is 26.2 Å². The summed E-state index contributed by atoms with van der Waals surface area (Å²) >= 11 is 1.59. The highest BCUT2D eigenvalue weighted by Gasteiger charge is 2.20. The third-order valence-corrected chi connectivity index (χ3v) is 5.94. The molecular formula is C20H25N3O2S. The molecule has 0 fully saturated rings. The molecule has 0 aliphatic heterocycles. The van der Waals surface area contributed by atoms with Crippen molar-refractivity contribution in [1.82, 2.24) is 5.43 Å². The monoisotopic (exact) mass is 371 g/mol. The summed E-state index contributed by atoms with van der Waals surface area (Å²) in [5.74, 6) is 0.554. The Hall–Kier alpha value is -2.18. The molecule has 1 aromatic heterocycles. The molecule has 26 heavy (non-hydrogen) atoms. The van der Waals surface area contributed by atoms with Crippen molar-refractivity contribution < 1.29 is 9.90 Å². The van der Waals surface area contributed by atoms with E-state index >= 15 is 0 Å². The average molecular weight is 372 g/mol. The van der Waals surface area contributed by atoms with Crippen LogP contribution < -0.4 is 10.3 Å². The molecule has 5 nitrogen and oxygen atoms in total. The highest BCUT2D eigenvalue weighted by atomic mass is 32.1. The van der Waals surface area contributed by atoms with Crippen molar-refractivity contribution in [1.29, 1.82) is 0 Å². The summed E-state index contributed by atoms with van der Waals surface area (Å²) < 4.78 is 0. The Morgan fingerprint density at radius 1 is 1.42 bits per heavy atom. The zero-order chi connectivity index (χ0) is 18.5. The second-order valence-corrected chi connectivity index (χ2v) is 7.98. The van der Waals surface area contributed by atoms with E-state index in [2.05, 4.69) is 17.5 Å². The van der Waals surface area contributed by atoms with Crippen LogP contribution in [-0.4, -0.2) is 37.4 Å². The number of aliphatic hydroxyl groups excluding tert-OH is 1. The van der Waals surface area contributed by atoms with Crippen LogP contribution in [0.25, 0.3) is 0 Å². The van der Waals surface area contributed by atoms with Crippen LogP contribution in [0.15, 0.2) is 35.4 Å². The summed E-state index contributed by atoms with van der Waals surface area (Å²) in [5.41, 5.74) is 5.88. The molecule has 138 valence electrons. The highest BCUT2D eigenvalue weighted by molar-refractivity contribution is 7.14. The number of fused-ring (bicyclic) bond motifs is 1. The number of likely N-dealkylation sites (N-methyl/N-ethyl adjacent to an activating group) is 1. The van der Waals surface area contributed by atoms with Crippen molar-refractivity contribution in [2.24, 2.45) is 11.0 Å². The van der Waals surface area contributed by atoms with Gasteiger partial charge in [-0.3, -0.25) is 4.79 Å². The number of rotatable bonds is 6. The smallest absolute Gasteiger partial charge is 0.281 e. The Morgan fingerprint density at radius 3 is 2.92 bits per heavy atom. The first kappa shape index (κ1) is 18.6. The Morgan fingerprint density at radius 2 is 2.19 bits per heavy atom. The number of hydrazone groups is 1. The fourth-order valence-corrected chi connectivity index (χ4v) is 4.23. The molecule has 0 bridgehead atoms. The number of amides is 1. The number of nitrogens with zero attached hydrogens (tertiary/aromatic N) is 2. The minimum Gasteiger partial charge on any atom is -0.395 e. The maximum absolute atomic E-state index is 12.3. The van der Waals surface area contributed by atoms with Crippen LogP contribution in [0.4, 0.5) is 5.69 Å². The minimum absolute atomic E-state index is 0.122. The first-order valence-electron chi connectivity index (χ1n) is 8.94. The lowest BCUT2D eigenvalue weighted by Gasteiger charge is -2.17. The van der Waals surface area contributed by atoms with Crippen LogP contribution >= 0.6 is 11.3 Å². The molecule has 2 N–H and O–H groups in total. The first-order valence-corrected chi connectivity index (χ1v) is 9.75. The van der Waals surface area contributed by atoms with E-state index < -0.39 is 0 Å². The molecule has 6 heteroatoms. The zero-order valence-corrected chi connectivity index (χ0v) is 16.1. The van der Waals surface area contributed by atoms with Gasteiger partial charge in [0.1, 0.15) is 0 Å². The highest BCUT2D eigenvalue weighted by Crippen LogP contribution is 2.32. The number of aryl methyl sites for hydroxylation is 1. The molecule has 0 saturated heterocycles. The SMILES string of the molecule is C[C@@H]1CCc2sc(C(=O)N/N=C\c3ccc(N(C)CCO)cc3)cc2C1. The number of aliphatic hydroxyl groups is 1. The van der Waals surface area contributed by atoms with Gasteiger partial charge in [-0.15, -0.1) is 11.3 Å². The standard InChI is InChI=1S/C20H25N3O2S/c1-14-3-8-18-16(11-14)12-19(26-18)20(25)22-21-13-15-4-6-17(7-5-15)23(2)9-10-24/h4-7,12-14,24H,3,8-11H2,1-2H3,(H,22,25)/b21-13-/t14-/m1/s1. The van der Waals surface area contributed by atoms with Crippen LogP contribution in [-0.2, 0) is 12.8 Å². The molecule has 3 rings (SSSR count). The summed E-state index contributed by atoms with van der Waals surface area (Å²) in [6.07, 6.45) is 4.99. The van der Waals surface area contributed by atoms with E-state index in [0.29, 0.717) is 12.5 Å². The van der Waals surface area contributed by atoms with Crippen LogP contribution in [0.3, 0.4) is 0 Å². The quantitative estimate of drug-likeness (QED) is 0.606. The van der Waals surface area contributed by atoms with E-state index in [1.165, 1.54) is 16.9 Å². The van der Waals surface area contributed by atoms with Gasteiger partial charge in [0.05, 0.1) is 17.7 Å². The topological polar surface area (TPSA) is 64.9 Å². The molecule has 1 amide bonds. The van der Waals surface area contributed by atoms with E-state index in [4.69, 9.17) is 5.11 Å². The molecule has 0 unspecified atom stereocenters. The number of nitrogens with one attached hydrogen (secondary N) is 1. The fourth-order valence-electron chi connectivity index (χ4n) is 3.13. The summed E-state index contributed by atoms with van der Waals surface area (Å²) in [6, 6.07) is 9.82. The molecule has 2 aromatic rings. The van der Waals surface area contributed by atoms with E-state index in [1.54, 1.807) is 17.6 Å².